The minimum Gasteiger partial charge on any atom is -0.482 e. The Morgan fingerprint density at radius 3 is 2.63 bits per heavy atom. The Kier molecular flexibility index (Phi) is 5.98. The van der Waals surface area contributed by atoms with Gasteiger partial charge in [-0.05, 0) is 56.1 Å². The molecule has 0 aliphatic heterocycles. The normalized spacial score (nSPS) is 24.1. The number of ether oxygens (including phenoxy) is 1. The van der Waals surface area contributed by atoms with Crippen LogP contribution in [0.2, 0.25) is 0 Å². The van der Waals surface area contributed by atoms with Crippen LogP contribution in [-0.2, 0) is 9.59 Å². The van der Waals surface area contributed by atoms with Crippen LogP contribution in [0.4, 0.5) is 10.5 Å². The number of anilines is 1. The van der Waals surface area contributed by atoms with Crippen molar-refractivity contribution in [3.05, 3.63) is 24.3 Å². The molecule has 2 aliphatic rings. The summed E-state index contributed by atoms with van der Waals surface area (Å²) >= 11 is 0. The quantitative estimate of drug-likeness (QED) is 0.714. The number of imide groups is 1. The van der Waals surface area contributed by atoms with Crippen molar-refractivity contribution in [2.45, 2.75) is 45.6 Å². The van der Waals surface area contributed by atoms with Crippen LogP contribution in [0.15, 0.2) is 24.3 Å². The first-order chi connectivity index (χ1) is 12.9. The second-order valence-corrected chi connectivity index (χ2v) is 7.62. The molecule has 3 rings (SSSR count). The van der Waals surface area contributed by atoms with E-state index in [1.165, 1.54) is 32.6 Å². The van der Waals surface area contributed by atoms with E-state index >= 15 is 0 Å². The highest BCUT2D eigenvalue weighted by Gasteiger charge is 2.42. The molecule has 1 aromatic carbocycles. The molecule has 0 aromatic heterocycles. The topological polar surface area (TPSA) is 96.5 Å². The van der Waals surface area contributed by atoms with Gasteiger partial charge in [0.25, 0.3) is 5.91 Å². The van der Waals surface area contributed by atoms with Crippen molar-refractivity contribution in [1.82, 2.24) is 10.6 Å². The fourth-order valence-corrected chi connectivity index (χ4v) is 4.45. The van der Waals surface area contributed by atoms with Gasteiger partial charge in [-0.15, -0.1) is 0 Å². The number of nitrogens with one attached hydrogen (secondary N) is 3. The Bertz CT molecular complexity index is 721. The maximum atomic E-state index is 12.1. The molecule has 0 heterocycles. The summed E-state index contributed by atoms with van der Waals surface area (Å²) < 4.78 is 5.44. The molecule has 3 N–H and O–H groups in total. The van der Waals surface area contributed by atoms with Crippen molar-refractivity contribution in [1.29, 1.82) is 0 Å². The van der Waals surface area contributed by atoms with Crippen LogP contribution >= 0.6 is 0 Å². The zero-order valence-corrected chi connectivity index (χ0v) is 15.8. The Morgan fingerprint density at radius 1 is 1.19 bits per heavy atom. The van der Waals surface area contributed by atoms with Crippen molar-refractivity contribution < 1.29 is 19.1 Å². The smallest absolute Gasteiger partial charge is 0.321 e. The molecule has 0 unspecified atom stereocenters. The van der Waals surface area contributed by atoms with Gasteiger partial charge in [0.1, 0.15) is 5.75 Å². The van der Waals surface area contributed by atoms with Crippen LogP contribution in [0.5, 0.6) is 5.75 Å². The molecule has 27 heavy (non-hydrogen) atoms. The molecule has 1 aromatic rings. The molecule has 146 valence electrons. The van der Waals surface area contributed by atoms with Crippen LogP contribution < -0.4 is 20.7 Å². The maximum Gasteiger partial charge on any atom is 0.321 e. The second kappa shape index (κ2) is 8.41. The van der Waals surface area contributed by atoms with Gasteiger partial charge >= 0.3 is 6.03 Å². The van der Waals surface area contributed by atoms with Crippen LogP contribution in [-0.4, -0.2) is 30.5 Å². The van der Waals surface area contributed by atoms with Crippen molar-refractivity contribution >= 4 is 23.5 Å². The highest BCUT2D eigenvalue weighted by molar-refractivity contribution is 5.95. The summed E-state index contributed by atoms with van der Waals surface area (Å²) in [7, 11) is 0. The van der Waals surface area contributed by atoms with Gasteiger partial charge in [0.2, 0.25) is 5.91 Å². The Hall–Kier alpha value is -2.57. The van der Waals surface area contributed by atoms with E-state index in [4.69, 9.17) is 4.74 Å². The molecule has 2 bridgehead atoms. The summed E-state index contributed by atoms with van der Waals surface area (Å²) in [6, 6.07) is 6.38. The first kappa shape index (κ1) is 19.2. The van der Waals surface area contributed by atoms with Crippen LogP contribution in [0, 0.1) is 17.8 Å². The van der Waals surface area contributed by atoms with Gasteiger partial charge in [0.15, 0.2) is 6.61 Å². The number of fused-ring (bicyclic) bond motifs is 2. The predicted molar refractivity (Wildman–Crippen MR) is 101 cm³/mol. The molecule has 0 spiro atoms. The van der Waals surface area contributed by atoms with E-state index in [9.17, 15) is 14.4 Å². The lowest BCUT2D eigenvalue weighted by molar-refractivity contribution is -0.122. The maximum absolute atomic E-state index is 12.1. The lowest BCUT2D eigenvalue weighted by Gasteiger charge is -2.28. The molecule has 4 amide bonds. The Labute approximate surface area is 159 Å². The lowest BCUT2D eigenvalue weighted by atomic mass is 9.84. The van der Waals surface area contributed by atoms with Gasteiger partial charge in [0, 0.05) is 13.0 Å². The average Bonchev–Trinajstić information content (AvgIpc) is 3.23. The van der Waals surface area contributed by atoms with Crippen molar-refractivity contribution in [2.24, 2.45) is 17.8 Å². The molecule has 0 saturated heterocycles. The van der Waals surface area contributed by atoms with Gasteiger partial charge in [0.05, 0.1) is 5.69 Å². The largest absolute Gasteiger partial charge is 0.482 e. The van der Waals surface area contributed by atoms with E-state index < -0.39 is 11.9 Å². The third kappa shape index (κ3) is 4.99. The number of hydrogen-bond donors (Lipinski definition) is 3. The number of urea groups is 1. The van der Waals surface area contributed by atoms with Gasteiger partial charge < -0.3 is 15.4 Å². The molecular weight excluding hydrogens is 346 g/mol. The first-order valence-corrected chi connectivity index (χ1v) is 9.52. The zero-order valence-electron chi connectivity index (χ0n) is 15.8. The Balaban J connectivity index is 1.44. The molecular formula is C20H27N3O4. The van der Waals surface area contributed by atoms with Gasteiger partial charge in [-0.3, -0.25) is 14.9 Å². The van der Waals surface area contributed by atoms with E-state index in [1.807, 2.05) is 6.92 Å². The third-order valence-corrected chi connectivity index (χ3v) is 5.60. The summed E-state index contributed by atoms with van der Waals surface area (Å²) in [5, 5.41) is 7.83. The number of rotatable bonds is 6. The predicted octanol–water partition coefficient (Wildman–Crippen LogP) is 2.67. The number of carbonyl (C=O) groups excluding carboxylic acids is 3. The number of benzene rings is 1. The van der Waals surface area contributed by atoms with Gasteiger partial charge in [-0.1, -0.05) is 18.6 Å². The summed E-state index contributed by atoms with van der Waals surface area (Å²) in [4.78, 5) is 35.3. The van der Waals surface area contributed by atoms with E-state index in [0.717, 1.165) is 5.92 Å². The fraction of sp³-hybridized carbons (Fsp3) is 0.550. The second-order valence-electron chi connectivity index (χ2n) is 7.62. The number of amides is 4. The zero-order chi connectivity index (χ0) is 19.4. The summed E-state index contributed by atoms with van der Waals surface area (Å²) in [6.07, 6.45) is 5.02. The molecule has 7 heteroatoms. The van der Waals surface area contributed by atoms with Crippen LogP contribution in [0.1, 0.15) is 39.5 Å². The van der Waals surface area contributed by atoms with Crippen molar-refractivity contribution in [2.75, 3.05) is 11.9 Å². The SMILES string of the molecule is CC(=O)Nc1ccccc1OCC(=O)NC(=O)N[C@@H](C)[C@@H]1C[C@H]2CC[C@H]1C2. The minimum absolute atomic E-state index is 0.0505. The molecule has 2 fully saturated rings. The number of carbonyl (C=O) groups is 3. The Morgan fingerprint density at radius 2 is 1.96 bits per heavy atom. The minimum atomic E-state index is -0.537. The van der Waals surface area contributed by atoms with Crippen LogP contribution in [0.25, 0.3) is 0 Å². The van der Waals surface area contributed by atoms with Crippen LogP contribution in [0.3, 0.4) is 0 Å². The van der Waals surface area contributed by atoms with Crippen molar-refractivity contribution in [3.63, 3.8) is 0 Å². The molecule has 4 atom stereocenters. The number of para-hydroxylation sites is 2. The highest BCUT2D eigenvalue weighted by atomic mass is 16.5. The summed E-state index contributed by atoms with van der Waals surface area (Å²) in [5.41, 5.74) is 0.479. The third-order valence-electron chi connectivity index (χ3n) is 5.60. The molecule has 7 nitrogen and oxygen atoms in total. The first-order valence-electron chi connectivity index (χ1n) is 9.52. The summed E-state index contributed by atoms with van der Waals surface area (Å²) in [6.45, 7) is 3.09. The fourth-order valence-electron chi connectivity index (χ4n) is 4.45. The van der Waals surface area contributed by atoms with Gasteiger partial charge in [-0.25, -0.2) is 4.79 Å². The van der Waals surface area contributed by atoms with E-state index in [-0.39, 0.29) is 18.6 Å². The summed E-state index contributed by atoms with van der Waals surface area (Å²) in [5.74, 6) is 1.62. The lowest BCUT2D eigenvalue weighted by Crippen LogP contribution is -2.48. The molecule has 0 radical (unpaired) electrons. The van der Waals surface area contributed by atoms with Crippen molar-refractivity contribution in [3.8, 4) is 5.75 Å². The van der Waals surface area contributed by atoms with E-state index in [2.05, 4.69) is 16.0 Å². The standard InChI is InChI=1S/C20H27N3O4/c1-12(16-10-14-7-8-15(16)9-14)21-20(26)23-19(25)11-27-18-6-4-3-5-17(18)22-13(2)24/h3-6,12,14-16H,7-11H2,1-2H3,(H,22,24)(H2,21,23,25,26)/t12-,14-,15-,16-/m0/s1. The highest BCUT2D eigenvalue weighted by Crippen LogP contribution is 2.49. The molecule has 2 aliphatic carbocycles. The monoisotopic (exact) mass is 373 g/mol. The number of hydrogen-bond acceptors (Lipinski definition) is 4. The van der Waals surface area contributed by atoms with Gasteiger partial charge in [-0.2, -0.15) is 0 Å². The van der Waals surface area contributed by atoms with E-state index in [0.29, 0.717) is 23.3 Å². The van der Waals surface area contributed by atoms with E-state index in [1.54, 1.807) is 24.3 Å². The molecule has 2 saturated carbocycles. The average molecular weight is 373 g/mol.